The summed E-state index contributed by atoms with van der Waals surface area (Å²) in [5.41, 5.74) is 8.08. The number of hydrogen-bond acceptors (Lipinski definition) is 3. The van der Waals surface area contributed by atoms with Crippen LogP contribution in [0.2, 0.25) is 0 Å². The maximum Gasteiger partial charge on any atom is 0.191 e. The topological polar surface area (TPSA) is 63.7 Å². The molecule has 22 heavy (non-hydrogen) atoms. The summed E-state index contributed by atoms with van der Waals surface area (Å²) in [5.74, 6) is 0.610. The van der Waals surface area contributed by atoms with Gasteiger partial charge in [-0.1, -0.05) is 24.3 Å². The van der Waals surface area contributed by atoms with Gasteiger partial charge in [-0.25, -0.2) is 0 Å². The predicted molar refractivity (Wildman–Crippen MR) is 99.7 cm³/mol. The van der Waals surface area contributed by atoms with E-state index in [2.05, 4.69) is 33.1 Å². The molecular weight excluding hydrogens is 391 g/mol. The molecule has 1 aromatic heterocycles. The van der Waals surface area contributed by atoms with Gasteiger partial charge in [0, 0.05) is 37.1 Å². The minimum Gasteiger partial charge on any atom is -0.378 e. The molecule has 0 bridgehead atoms. The summed E-state index contributed by atoms with van der Waals surface area (Å²) in [4.78, 5) is 11.2. The maximum atomic E-state index is 6.00. The summed E-state index contributed by atoms with van der Waals surface area (Å²) in [6, 6.07) is 12.3. The second-order valence-corrected chi connectivity index (χ2v) is 5.08. The lowest BCUT2D eigenvalue weighted by Gasteiger charge is -2.27. The Morgan fingerprint density at radius 3 is 2.77 bits per heavy atom. The van der Waals surface area contributed by atoms with Gasteiger partial charge in [-0.3, -0.25) is 9.98 Å². The monoisotopic (exact) mass is 412 g/mol. The number of guanidine groups is 1. The van der Waals surface area contributed by atoms with Gasteiger partial charge in [0.2, 0.25) is 0 Å². The summed E-state index contributed by atoms with van der Waals surface area (Å²) in [7, 11) is 0. The van der Waals surface area contributed by atoms with Crippen molar-refractivity contribution in [2.75, 3.05) is 32.8 Å². The number of rotatable bonds is 3. The van der Waals surface area contributed by atoms with Crippen molar-refractivity contribution in [3.8, 4) is 0 Å². The van der Waals surface area contributed by atoms with E-state index >= 15 is 0 Å². The van der Waals surface area contributed by atoms with Crippen LogP contribution in [0.15, 0.2) is 41.4 Å². The molecule has 0 radical (unpaired) electrons. The van der Waals surface area contributed by atoms with Crippen LogP contribution in [-0.4, -0.2) is 48.7 Å². The molecule has 2 N–H and O–H groups in total. The Morgan fingerprint density at radius 2 is 1.95 bits per heavy atom. The number of benzene rings is 1. The number of nitrogens with zero attached hydrogens (tertiary/aromatic N) is 3. The molecule has 0 aliphatic carbocycles. The van der Waals surface area contributed by atoms with Crippen molar-refractivity contribution in [1.82, 2.24) is 9.88 Å². The van der Waals surface area contributed by atoms with Crippen molar-refractivity contribution in [2.24, 2.45) is 10.7 Å². The van der Waals surface area contributed by atoms with Gasteiger partial charge in [0.05, 0.1) is 18.7 Å². The van der Waals surface area contributed by atoms with Crippen LogP contribution in [0.5, 0.6) is 0 Å². The zero-order valence-corrected chi connectivity index (χ0v) is 14.8. The van der Waals surface area contributed by atoms with Crippen molar-refractivity contribution < 1.29 is 4.74 Å². The summed E-state index contributed by atoms with van der Waals surface area (Å²) in [5, 5.41) is 1.16. The number of para-hydroxylation sites is 1. The number of hydrogen-bond donors (Lipinski definition) is 1. The zero-order valence-electron chi connectivity index (χ0n) is 12.4. The summed E-state index contributed by atoms with van der Waals surface area (Å²) >= 11 is 0. The lowest BCUT2D eigenvalue weighted by molar-refractivity contribution is 0.0674. The maximum absolute atomic E-state index is 6.00. The summed E-state index contributed by atoms with van der Waals surface area (Å²) in [6.45, 7) is 3.76. The van der Waals surface area contributed by atoms with Gasteiger partial charge in [-0.2, -0.15) is 0 Å². The number of ether oxygens (including phenoxy) is 1. The molecule has 1 saturated heterocycles. The quantitative estimate of drug-likeness (QED) is 0.476. The molecule has 1 fully saturated rings. The Hall–Kier alpha value is -1.41. The molecule has 0 unspecified atom stereocenters. The van der Waals surface area contributed by atoms with Crippen molar-refractivity contribution >= 4 is 40.8 Å². The Bertz CT molecular complexity index is 641. The molecule has 0 atom stereocenters. The highest BCUT2D eigenvalue weighted by molar-refractivity contribution is 14.0. The first kappa shape index (κ1) is 17.0. The molecule has 1 aliphatic heterocycles. The second-order valence-electron chi connectivity index (χ2n) is 5.08. The Morgan fingerprint density at radius 1 is 1.18 bits per heavy atom. The van der Waals surface area contributed by atoms with Crippen molar-refractivity contribution in [3.05, 3.63) is 42.1 Å². The molecule has 0 saturated carbocycles. The third-order valence-electron chi connectivity index (χ3n) is 3.63. The standard InChI is InChI=1S/C16H20N4O.HI/c17-16(20-9-11-21-12-10-20)18-8-7-14-6-5-13-3-1-2-4-15(13)19-14;/h1-6H,7-12H2,(H2,17,18);1H. The van der Waals surface area contributed by atoms with Gasteiger partial charge in [-0.15, -0.1) is 24.0 Å². The van der Waals surface area contributed by atoms with Crippen LogP contribution in [-0.2, 0) is 11.2 Å². The van der Waals surface area contributed by atoms with Gasteiger partial charge >= 0.3 is 0 Å². The molecule has 6 heteroatoms. The fourth-order valence-corrected chi connectivity index (χ4v) is 2.42. The number of halogens is 1. The first-order chi connectivity index (χ1) is 10.3. The largest absolute Gasteiger partial charge is 0.378 e. The van der Waals surface area contributed by atoms with Crippen molar-refractivity contribution in [1.29, 1.82) is 0 Å². The van der Waals surface area contributed by atoms with Crippen LogP contribution in [0.3, 0.4) is 0 Å². The van der Waals surface area contributed by atoms with E-state index in [0.29, 0.717) is 12.5 Å². The van der Waals surface area contributed by atoms with Gasteiger partial charge in [0.25, 0.3) is 0 Å². The van der Waals surface area contributed by atoms with Crippen LogP contribution in [0, 0.1) is 0 Å². The van der Waals surface area contributed by atoms with E-state index in [9.17, 15) is 0 Å². The summed E-state index contributed by atoms with van der Waals surface area (Å²) in [6.07, 6.45) is 0.801. The highest BCUT2D eigenvalue weighted by atomic mass is 127. The number of fused-ring (bicyclic) bond motifs is 1. The first-order valence-electron chi connectivity index (χ1n) is 7.30. The van der Waals surface area contributed by atoms with E-state index in [1.165, 1.54) is 0 Å². The van der Waals surface area contributed by atoms with E-state index in [1.54, 1.807) is 0 Å². The molecule has 5 nitrogen and oxygen atoms in total. The third kappa shape index (κ3) is 4.30. The summed E-state index contributed by atoms with van der Waals surface area (Å²) < 4.78 is 5.30. The molecule has 118 valence electrons. The fraction of sp³-hybridized carbons (Fsp3) is 0.375. The van der Waals surface area contributed by atoms with Crippen LogP contribution in [0.25, 0.3) is 10.9 Å². The van der Waals surface area contributed by atoms with Gasteiger partial charge in [-0.05, 0) is 12.1 Å². The fourth-order valence-electron chi connectivity index (χ4n) is 2.42. The number of morpholine rings is 1. The average Bonchev–Trinajstić information content (AvgIpc) is 2.55. The van der Waals surface area contributed by atoms with Gasteiger partial charge < -0.3 is 15.4 Å². The van der Waals surface area contributed by atoms with E-state index in [0.717, 1.165) is 49.3 Å². The van der Waals surface area contributed by atoms with Crippen molar-refractivity contribution in [2.45, 2.75) is 6.42 Å². The first-order valence-corrected chi connectivity index (χ1v) is 7.30. The van der Waals surface area contributed by atoms with Crippen LogP contribution in [0.4, 0.5) is 0 Å². The van der Waals surface area contributed by atoms with Gasteiger partial charge in [0.1, 0.15) is 0 Å². The van der Waals surface area contributed by atoms with E-state index in [-0.39, 0.29) is 24.0 Å². The average molecular weight is 412 g/mol. The molecular formula is C16H21IN4O. The lowest BCUT2D eigenvalue weighted by Crippen LogP contribution is -2.44. The normalized spacial score (nSPS) is 15.6. The number of nitrogens with two attached hydrogens (primary N) is 1. The molecule has 2 heterocycles. The molecule has 3 rings (SSSR count). The molecule has 0 amide bonds. The number of aromatic nitrogens is 1. The van der Waals surface area contributed by atoms with E-state index in [1.807, 2.05) is 18.2 Å². The zero-order chi connectivity index (χ0) is 14.5. The van der Waals surface area contributed by atoms with Crippen LogP contribution in [0.1, 0.15) is 5.69 Å². The highest BCUT2D eigenvalue weighted by Gasteiger charge is 2.11. The highest BCUT2D eigenvalue weighted by Crippen LogP contribution is 2.12. The van der Waals surface area contributed by atoms with Gasteiger partial charge in [0.15, 0.2) is 5.96 Å². The second kappa shape index (κ2) is 8.28. The Kier molecular flexibility index (Phi) is 6.38. The van der Waals surface area contributed by atoms with Crippen LogP contribution >= 0.6 is 24.0 Å². The molecule has 2 aromatic rings. The SMILES string of the molecule is I.NC(=NCCc1ccc2ccccc2n1)N1CCOCC1. The third-order valence-corrected chi connectivity index (χ3v) is 3.63. The minimum atomic E-state index is 0. The Balaban J connectivity index is 0.00000176. The lowest BCUT2D eigenvalue weighted by atomic mass is 10.2. The predicted octanol–water partition coefficient (Wildman–Crippen LogP) is 2.04. The smallest absolute Gasteiger partial charge is 0.191 e. The molecule has 1 aromatic carbocycles. The van der Waals surface area contributed by atoms with Crippen LogP contribution < -0.4 is 5.73 Å². The molecule has 1 aliphatic rings. The van der Waals surface area contributed by atoms with E-state index in [4.69, 9.17) is 10.5 Å². The van der Waals surface area contributed by atoms with E-state index < -0.39 is 0 Å². The van der Waals surface area contributed by atoms with Crippen molar-refractivity contribution in [3.63, 3.8) is 0 Å². The Labute approximate surface area is 147 Å². The minimum absolute atomic E-state index is 0. The molecule has 0 spiro atoms. The number of aliphatic imine (C=N–C) groups is 1. The number of pyridine rings is 1.